The number of nitrogens with one attached hydrogen (secondary N) is 2. The molecule has 212 valence electrons. The summed E-state index contributed by atoms with van der Waals surface area (Å²) in [6.45, 7) is 3.49. The second-order valence-corrected chi connectivity index (χ2v) is 11.2. The molecule has 2 fully saturated rings. The van der Waals surface area contributed by atoms with Crippen LogP contribution >= 0.6 is 11.6 Å². The smallest absolute Gasteiger partial charge is 0.260 e. The Morgan fingerprint density at radius 1 is 1.02 bits per heavy atom. The van der Waals surface area contributed by atoms with E-state index in [-0.39, 0.29) is 17.3 Å². The second kappa shape index (κ2) is 11.2. The third-order valence-corrected chi connectivity index (χ3v) is 8.27. The highest BCUT2D eigenvalue weighted by atomic mass is 35.5. The first-order chi connectivity index (χ1) is 20.5. The van der Waals surface area contributed by atoms with Gasteiger partial charge in [0.1, 0.15) is 11.5 Å². The average Bonchev–Trinajstić information content (AvgIpc) is 3.86. The van der Waals surface area contributed by atoms with E-state index in [1.165, 1.54) is 6.07 Å². The number of aromatic nitrogens is 4. The molecule has 0 atom stereocenters. The van der Waals surface area contributed by atoms with Gasteiger partial charge in [0.2, 0.25) is 5.95 Å². The Morgan fingerprint density at radius 3 is 2.64 bits per heavy atom. The molecule has 0 amide bonds. The minimum atomic E-state index is -0.311. The topological polar surface area (TPSA) is 88.0 Å². The molecule has 10 heteroatoms. The molecule has 2 aliphatic rings. The van der Waals surface area contributed by atoms with Crippen LogP contribution in [0, 0.1) is 5.82 Å². The molecule has 0 bridgehead atoms. The van der Waals surface area contributed by atoms with Gasteiger partial charge in [-0.05, 0) is 66.3 Å². The first kappa shape index (κ1) is 26.6. The molecule has 1 saturated carbocycles. The lowest BCUT2D eigenvalue weighted by atomic mass is 10.0. The number of nitrogens with zero attached hydrogens (tertiary/aromatic N) is 5. The predicted octanol–water partition coefficient (Wildman–Crippen LogP) is 5.72. The molecule has 0 radical (unpaired) electrons. The van der Waals surface area contributed by atoms with E-state index in [0.29, 0.717) is 51.0 Å². The van der Waals surface area contributed by atoms with Crippen LogP contribution in [0.4, 0.5) is 21.7 Å². The van der Waals surface area contributed by atoms with Crippen molar-refractivity contribution < 1.29 is 4.39 Å². The van der Waals surface area contributed by atoms with Gasteiger partial charge in [0.25, 0.3) is 5.56 Å². The van der Waals surface area contributed by atoms with Gasteiger partial charge in [0, 0.05) is 72.0 Å². The number of rotatable bonds is 7. The van der Waals surface area contributed by atoms with Gasteiger partial charge in [-0.2, -0.15) is 4.98 Å². The van der Waals surface area contributed by atoms with E-state index >= 15 is 4.39 Å². The Morgan fingerprint density at radius 2 is 1.86 bits per heavy atom. The first-order valence-electron chi connectivity index (χ1n) is 14.2. The van der Waals surface area contributed by atoms with Gasteiger partial charge >= 0.3 is 0 Å². The van der Waals surface area contributed by atoms with Gasteiger partial charge in [-0.1, -0.05) is 29.8 Å². The summed E-state index contributed by atoms with van der Waals surface area (Å²) < 4.78 is 16.8. The maximum atomic E-state index is 15.1. The Kier molecular flexibility index (Phi) is 7.05. The third-order valence-electron chi connectivity index (χ3n) is 7.94. The maximum absolute atomic E-state index is 15.1. The molecule has 8 nitrogen and oxygen atoms in total. The molecule has 1 saturated heterocycles. The lowest BCUT2D eigenvalue weighted by Crippen LogP contribution is -2.43. The number of halogens is 2. The van der Waals surface area contributed by atoms with Crippen LogP contribution in [0.3, 0.4) is 0 Å². The summed E-state index contributed by atoms with van der Waals surface area (Å²) in [6.07, 6.45) is 7.58. The molecular weight excluding hydrogens is 553 g/mol. The normalized spacial score (nSPS) is 15.2. The lowest BCUT2D eigenvalue weighted by molar-refractivity contribution is 0.566. The van der Waals surface area contributed by atoms with Crippen molar-refractivity contribution in [1.82, 2.24) is 24.8 Å². The van der Waals surface area contributed by atoms with Crippen LogP contribution in [-0.2, 0) is 6.54 Å². The van der Waals surface area contributed by atoms with Crippen molar-refractivity contribution in [1.29, 1.82) is 0 Å². The minimum Gasteiger partial charge on any atom is -0.367 e. The zero-order chi connectivity index (χ0) is 28.6. The second-order valence-electron chi connectivity index (χ2n) is 10.8. The van der Waals surface area contributed by atoms with E-state index in [1.807, 2.05) is 41.4 Å². The molecule has 42 heavy (non-hydrogen) atoms. The molecule has 1 aliphatic carbocycles. The van der Waals surface area contributed by atoms with E-state index in [4.69, 9.17) is 16.6 Å². The van der Waals surface area contributed by atoms with Gasteiger partial charge < -0.3 is 15.5 Å². The van der Waals surface area contributed by atoms with Crippen LogP contribution in [0.2, 0.25) is 5.02 Å². The van der Waals surface area contributed by atoms with Crippen molar-refractivity contribution in [2.45, 2.75) is 25.3 Å². The van der Waals surface area contributed by atoms with E-state index < -0.39 is 0 Å². The molecule has 0 unspecified atom stereocenters. The Labute approximate surface area is 247 Å². The summed E-state index contributed by atoms with van der Waals surface area (Å²) >= 11 is 6.52. The Bertz CT molecular complexity index is 1850. The lowest BCUT2D eigenvalue weighted by Gasteiger charge is -2.29. The highest BCUT2D eigenvalue weighted by molar-refractivity contribution is 6.33. The van der Waals surface area contributed by atoms with Crippen molar-refractivity contribution in [3.05, 3.63) is 106 Å². The summed E-state index contributed by atoms with van der Waals surface area (Å²) in [5.74, 6) is 0.426. The predicted molar refractivity (Wildman–Crippen MR) is 164 cm³/mol. The first-order valence-corrected chi connectivity index (χ1v) is 14.5. The molecule has 1 aliphatic heterocycles. The van der Waals surface area contributed by atoms with Gasteiger partial charge in [0.05, 0.1) is 12.2 Å². The number of benzene rings is 2. The zero-order valence-corrected chi connectivity index (χ0v) is 23.6. The van der Waals surface area contributed by atoms with Crippen molar-refractivity contribution in [3.8, 4) is 11.1 Å². The van der Waals surface area contributed by atoms with Crippen LogP contribution in [-0.4, -0.2) is 45.7 Å². The minimum absolute atomic E-state index is 0.203. The van der Waals surface area contributed by atoms with Crippen molar-refractivity contribution in [2.24, 2.45) is 0 Å². The number of pyridine rings is 2. The van der Waals surface area contributed by atoms with E-state index in [0.717, 1.165) is 50.1 Å². The molecule has 2 aromatic carbocycles. The van der Waals surface area contributed by atoms with E-state index in [1.54, 1.807) is 35.2 Å². The summed E-state index contributed by atoms with van der Waals surface area (Å²) in [7, 11) is 0. The van der Waals surface area contributed by atoms with Gasteiger partial charge in [0.15, 0.2) is 0 Å². The maximum Gasteiger partial charge on any atom is 0.260 e. The molecule has 4 heterocycles. The van der Waals surface area contributed by atoms with Crippen LogP contribution in [0.5, 0.6) is 0 Å². The molecule has 3 aromatic heterocycles. The molecule has 5 aromatic rings. The SMILES string of the molecule is O=c1c(-c2ccccc2Cl)cc2cnc(Nc3ccc(N4CCNCC4)c(F)c3)nc2n1Cc1ccncc1C1CC1. The molecule has 0 spiro atoms. The standard InChI is InChI=1S/C32H29ClFN7O/c33-27-4-2-1-3-24(27)25-15-22-17-37-32(38-23-7-8-29(28(34)16-23)40-13-11-35-12-14-40)39-30(22)41(31(25)42)19-21-9-10-36-18-26(21)20-5-6-20/h1-4,7-10,15-18,20,35H,5-6,11-14,19H2,(H,37,38,39). The molecule has 7 rings (SSSR count). The fourth-order valence-electron chi connectivity index (χ4n) is 5.63. The summed E-state index contributed by atoms with van der Waals surface area (Å²) in [5, 5.41) is 7.61. The molecule has 2 N–H and O–H groups in total. The quantitative estimate of drug-likeness (QED) is 0.254. The van der Waals surface area contributed by atoms with E-state index in [9.17, 15) is 4.79 Å². The van der Waals surface area contributed by atoms with Gasteiger partial charge in [-0.25, -0.2) is 9.37 Å². The Balaban J connectivity index is 1.30. The third kappa shape index (κ3) is 5.21. The zero-order valence-electron chi connectivity index (χ0n) is 22.9. The summed E-state index contributed by atoms with van der Waals surface area (Å²) in [5.41, 5.74) is 4.70. The summed E-state index contributed by atoms with van der Waals surface area (Å²) in [4.78, 5) is 29.7. The fourth-order valence-corrected chi connectivity index (χ4v) is 5.86. The highest BCUT2D eigenvalue weighted by Crippen LogP contribution is 2.41. The largest absolute Gasteiger partial charge is 0.367 e. The van der Waals surface area contributed by atoms with Gasteiger partial charge in [-0.3, -0.25) is 14.3 Å². The van der Waals surface area contributed by atoms with Gasteiger partial charge in [-0.15, -0.1) is 0 Å². The number of hydrogen-bond donors (Lipinski definition) is 2. The average molecular weight is 582 g/mol. The molecular formula is C32H29ClFN7O. The van der Waals surface area contributed by atoms with Crippen molar-refractivity contribution in [2.75, 3.05) is 36.4 Å². The van der Waals surface area contributed by atoms with Crippen LogP contribution in [0.25, 0.3) is 22.2 Å². The number of hydrogen-bond acceptors (Lipinski definition) is 7. The number of piperazine rings is 1. The number of anilines is 3. The number of fused-ring (bicyclic) bond motifs is 1. The fraction of sp³-hybridized carbons (Fsp3) is 0.250. The van der Waals surface area contributed by atoms with Crippen molar-refractivity contribution in [3.63, 3.8) is 0 Å². The summed E-state index contributed by atoms with van der Waals surface area (Å²) in [6, 6.07) is 16.1. The van der Waals surface area contributed by atoms with Crippen LogP contribution in [0.1, 0.15) is 29.9 Å². The van der Waals surface area contributed by atoms with E-state index in [2.05, 4.69) is 20.6 Å². The van der Waals surface area contributed by atoms with Crippen LogP contribution < -0.4 is 21.1 Å². The van der Waals surface area contributed by atoms with Crippen LogP contribution in [0.15, 0.2) is 78.0 Å². The Hall–Kier alpha value is -4.34. The monoisotopic (exact) mass is 581 g/mol. The van der Waals surface area contributed by atoms with Crippen molar-refractivity contribution >= 4 is 40.0 Å². The highest BCUT2D eigenvalue weighted by Gasteiger charge is 2.27.